The molecule has 3 aromatic rings. The van der Waals surface area contributed by atoms with Gasteiger partial charge in [-0.15, -0.1) is 0 Å². The highest BCUT2D eigenvalue weighted by Crippen LogP contribution is 2.43. The summed E-state index contributed by atoms with van der Waals surface area (Å²) in [7, 11) is -0.918. The van der Waals surface area contributed by atoms with Crippen LogP contribution in [0.25, 0.3) is 0 Å². The first-order chi connectivity index (χ1) is 11.8. The molecule has 4 heteroatoms. The fourth-order valence-electron chi connectivity index (χ4n) is 2.61. The Hall–Kier alpha value is -2.77. The maximum Gasteiger partial charge on any atom is 0.376 e. The molecule has 0 bridgehead atoms. The van der Waals surface area contributed by atoms with E-state index in [0.29, 0.717) is 16.9 Å². The lowest BCUT2D eigenvalue weighted by atomic mass is 9.90. The van der Waals surface area contributed by atoms with E-state index >= 15 is 0 Å². The van der Waals surface area contributed by atoms with E-state index in [1.54, 1.807) is 48.5 Å². The van der Waals surface area contributed by atoms with Gasteiger partial charge in [0.1, 0.15) is 5.75 Å². The van der Waals surface area contributed by atoms with Gasteiger partial charge >= 0.3 is 19.6 Å². The van der Waals surface area contributed by atoms with Gasteiger partial charge in [0, 0.05) is 11.1 Å². The van der Waals surface area contributed by atoms with E-state index in [2.05, 4.69) is 0 Å². The average molecular weight is 335 g/mol. The van der Waals surface area contributed by atoms with Crippen LogP contribution in [0.3, 0.4) is 0 Å². The lowest BCUT2D eigenvalue weighted by Crippen LogP contribution is -2.35. The molecule has 0 radical (unpaired) electrons. The molecule has 0 amide bonds. The van der Waals surface area contributed by atoms with Crippen molar-refractivity contribution in [3.8, 4) is 5.75 Å². The molecule has 0 aliphatic carbocycles. The van der Waals surface area contributed by atoms with Gasteiger partial charge in [-0.3, -0.25) is 0 Å². The Morgan fingerprint density at radius 2 is 1.12 bits per heavy atom. The fourth-order valence-corrected chi connectivity index (χ4v) is 3.31. The topological polar surface area (TPSA) is 43.4 Å². The number of ether oxygens (including phenoxy) is 1. The predicted molar refractivity (Wildman–Crippen MR) is 94.7 cm³/mol. The Bertz CT molecular complexity index is 778. The van der Waals surface area contributed by atoms with Crippen LogP contribution in [0.1, 0.15) is 11.1 Å². The molecule has 0 aliphatic rings. The largest absolute Gasteiger partial charge is 0.422 e. The predicted octanol–water partition coefficient (Wildman–Crippen LogP) is 4.56. The number of hydrogen-bond acceptors (Lipinski definition) is 3. The summed E-state index contributed by atoms with van der Waals surface area (Å²) in [6, 6.07) is 27.0. The van der Waals surface area contributed by atoms with Crippen LogP contribution in [-0.2, 0) is 14.5 Å². The minimum absolute atomic E-state index is 0.428. The first-order valence-electron chi connectivity index (χ1n) is 7.55. The van der Waals surface area contributed by atoms with Crippen molar-refractivity contribution in [2.75, 3.05) is 0 Å². The quantitative estimate of drug-likeness (QED) is 0.390. The molecule has 0 spiro atoms. The number of rotatable bonds is 5. The molecule has 0 saturated carbocycles. The van der Waals surface area contributed by atoms with Gasteiger partial charge in [-0.2, -0.15) is 0 Å². The number of benzene rings is 3. The van der Waals surface area contributed by atoms with Crippen molar-refractivity contribution in [2.45, 2.75) is 5.16 Å². The van der Waals surface area contributed by atoms with E-state index in [4.69, 9.17) is 4.74 Å². The molecule has 0 aromatic heterocycles. The molecule has 1 unspecified atom stereocenters. The zero-order valence-electron chi connectivity index (χ0n) is 12.9. The van der Waals surface area contributed by atoms with Crippen LogP contribution in [0.2, 0.25) is 0 Å². The van der Waals surface area contributed by atoms with Crippen molar-refractivity contribution in [1.82, 2.24) is 0 Å². The Labute approximate surface area is 142 Å². The number of carbonyl (C=O) groups is 1. The van der Waals surface area contributed by atoms with E-state index in [9.17, 15) is 9.36 Å². The minimum atomic E-state index is -1.35. The SMILES string of the molecule is O=[PH+]C(C(=O)Oc1ccccc1)(c1ccccc1)c1ccccc1. The van der Waals surface area contributed by atoms with E-state index in [1.165, 1.54) is 0 Å². The normalized spacial score (nSPS) is 11.2. The lowest BCUT2D eigenvalue weighted by Gasteiger charge is -2.20. The van der Waals surface area contributed by atoms with Gasteiger partial charge in [0.15, 0.2) is 0 Å². The zero-order chi connectivity index (χ0) is 16.8. The molecule has 3 nitrogen and oxygen atoms in total. The third kappa shape index (κ3) is 2.99. The molecule has 0 N–H and O–H groups in total. The molecule has 0 saturated heterocycles. The molecule has 24 heavy (non-hydrogen) atoms. The standard InChI is InChI=1S/C20H15O3P/c21-19(23-18-14-8-3-9-15-18)20(24-22,16-10-4-1-5-11-16)17-12-6-2-7-13-17/h1-15H/p+1. The van der Waals surface area contributed by atoms with Crippen molar-refractivity contribution in [3.63, 3.8) is 0 Å². The Balaban J connectivity index is 2.11. The minimum Gasteiger partial charge on any atom is -0.422 e. The molecular formula is C20H16O3P+. The third-order valence-corrected chi connectivity index (χ3v) is 4.91. The molecular weight excluding hydrogens is 319 g/mol. The van der Waals surface area contributed by atoms with Gasteiger partial charge in [-0.1, -0.05) is 83.4 Å². The molecule has 1 atom stereocenters. The van der Waals surface area contributed by atoms with Crippen LogP contribution in [0.5, 0.6) is 5.75 Å². The Morgan fingerprint density at radius 3 is 1.54 bits per heavy atom. The van der Waals surface area contributed by atoms with Crippen molar-refractivity contribution < 1.29 is 14.1 Å². The first-order valence-corrected chi connectivity index (χ1v) is 8.46. The van der Waals surface area contributed by atoms with Gasteiger partial charge in [-0.05, 0) is 12.1 Å². The third-order valence-electron chi connectivity index (χ3n) is 3.83. The monoisotopic (exact) mass is 335 g/mol. The summed E-state index contributed by atoms with van der Waals surface area (Å²) in [5, 5.41) is -1.35. The summed E-state index contributed by atoms with van der Waals surface area (Å²) >= 11 is 0. The molecule has 0 heterocycles. The van der Waals surface area contributed by atoms with Crippen molar-refractivity contribution in [2.24, 2.45) is 0 Å². The molecule has 118 valence electrons. The summed E-state index contributed by atoms with van der Waals surface area (Å²) in [5.41, 5.74) is 1.29. The van der Waals surface area contributed by atoms with Crippen LogP contribution in [-0.4, -0.2) is 5.97 Å². The molecule has 3 aromatic carbocycles. The number of para-hydroxylation sites is 1. The van der Waals surface area contributed by atoms with Crippen LogP contribution < -0.4 is 4.74 Å². The molecule has 0 aliphatic heterocycles. The fraction of sp³-hybridized carbons (Fsp3) is 0.0500. The average Bonchev–Trinajstić information content (AvgIpc) is 2.65. The van der Waals surface area contributed by atoms with Crippen molar-refractivity contribution in [3.05, 3.63) is 102 Å². The maximum absolute atomic E-state index is 13.1. The molecule has 3 rings (SSSR count). The summed E-state index contributed by atoms with van der Waals surface area (Å²) < 4.78 is 17.9. The van der Waals surface area contributed by atoms with Gasteiger partial charge in [0.2, 0.25) is 0 Å². The molecule has 0 fully saturated rings. The van der Waals surface area contributed by atoms with Gasteiger partial charge in [0.25, 0.3) is 0 Å². The number of carbonyl (C=O) groups excluding carboxylic acids is 1. The second kappa shape index (κ2) is 7.20. The second-order valence-corrected chi connectivity index (χ2v) is 6.24. The van der Waals surface area contributed by atoms with Crippen molar-refractivity contribution in [1.29, 1.82) is 0 Å². The second-order valence-electron chi connectivity index (χ2n) is 5.29. The summed E-state index contributed by atoms with van der Waals surface area (Å²) in [6.45, 7) is 0. The highest BCUT2D eigenvalue weighted by molar-refractivity contribution is 7.27. The van der Waals surface area contributed by atoms with Gasteiger partial charge < -0.3 is 4.74 Å². The van der Waals surface area contributed by atoms with E-state index in [1.807, 2.05) is 42.5 Å². The van der Waals surface area contributed by atoms with E-state index in [-0.39, 0.29) is 0 Å². The van der Waals surface area contributed by atoms with Crippen LogP contribution in [0.15, 0.2) is 91.0 Å². The summed E-state index contributed by atoms with van der Waals surface area (Å²) in [6.07, 6.45) is 0. The van der Waals surface area contributed by atoms with Crippen LogP contribution >= 0.6 is 8.46 Å². The zero-order valence-corrected chi connectivity index (χ0v) is 13.9. The number of hydrogen-bond donors (Lipinski definition) is 0. The highest BCUT2D eigenvalue weighted by atomic mass is 31.1. The van der Waals surface area contributed by atoms with E-state index < -0.39 is 19.6 Å². The van der Waals surface area contributed by atoms with Crippen LogP contribution in [0, 0.1) is 0 Å². The Morgan fingerprint density at radius 1 is 0.708 bits per heavy atom. The summed E-state index contributed by atoms with van der Waals surface area (Å²) in [4.78, 5) is 13.1. The lowest BCUT2D eigenvalue weighted by molar-refractivity contribution is -0.136. The maximum atomic E-state index is 13.1. The smallest absolute Gasteiger partial charge is 0.376 e. The van der Waals surface area contributed by atoms with Crippen LogP contribution in [0.4, 0.5) is 0 Å². The van der Waals surface area contributed by atoms with Gasteiger partial charge in [-0.25, -0.2) is 4.79 Å². The van der Waals surface area contributed by atoms with Gasteiger partial charge in [0.05, 0.1) is 0 Å². The van der Waals surface area contributed by atoms with Crippen molar-refractivity contribution >= 4 is 14.4 Å². The Kier molecular flexibility index (Phi) is 4.83. The van der Waals surface area contributed by atoms with E-state index in [0.717, 1.165) is 0 Å². The first kappa shape index (κ1) is 16.1. The summed E-state index contributed by atoms with van der Waals surface area (Å²) in [5.74, 6) is -0.128. The highest BCUT2D eigenvalue weighted by Gasteiger charge is 2.52. The number of esters is 1.